The molecule has 7 nitrogen and oxygen atoms in total. The molecule has 0 atom stereocenters. The highest BCUT2D eigenvalue weighted by molar-refractivity contribution is 7.08. The van der Waals surface area contributed by atoms with Gasteiger partial charge in [-0.15, -0.1) is 0 Å². The van der Waals surface area contributed by atoms with Crippen molar-refractivity contribution in [2.75, 3.05) is 11.1 Å². The Morgan fingerprint density at radius 1 is 1.42 bits per heavy atom. The molecule has 0 saturated carbocycles. The Morgan fingerprint density at radius 2 is 2.16 bits per heavy atom. The van der Waals surface area contributed by atoms with Crippen molar-refractivity contribution in [1.82, 2.24) is 9.97 Å². The van der Waals surface area contributed by atoms with Crippen molar-refractivity contribution < 1.29 is 4.92 Å². The Hall–Kier alpha value is -2.22. The van der Waals surface area contributed by atoms with Crippen LogP contribution in [0.15, 0.2) is 10.8 Å². The molecule has 0 aliphatic rings. The number of anilines is 2. The van der Waals surface area contributed by atoms with Gasteiger partial charge in [0.15, 0.2) is 0 Å². The van der Waals surface area contributed by atoms with Crippen molar-refractivity contribution in [2.45, 2.75) is 20.4 Å². The molecular formula is C11H13N5O2S. The van der Waals surface area contributed by atoms with Crippen LogP contribution in [0.3, 0.4) is 0 Å². The number of nitro groups is 1. The molecule has 100 valence electrons. The predicted molar refractivity (Wildman–Crippen MR) is 74.2 cm³/mol. The zero-order chi connectivity index (χ0) is 14.0. The van der Waals surface area contributed by atoms with E-state index in [1.807, 2.05) is 17.7 Å². The van der Waals surface area contributed by atoms with E-state index in [0.717, 1.165) is 11.1 Å². The van der Waals surface area contributed by atoms with Gasteiger partial charge in [-0.2, -0.15) is 16.3 Å². The molecule has 0 saturated heterocycles. The van der Waals surface area contributed by atoms with Crippen molar-refractivity contribution in [3.8, 4) is 0 Å². The Bertz CT molecular complexity index is 626. The third-order valence-corrected chi connectivity index (χ3v) is 3.58. The molecule has 2 rings (SSSR count). The van der Waals surface area contributed by atoms with E-state index in [2.05, 4.69) is 15.3 Å². The van der Waals surface area contributed by atoms with Crippen molar-refractivity contribution in [3.05, 3.63) is 37.7 Å². The van der Waals surface area contributed by atoms with Crippen LogP contribution >= 0.6 is 11.3 Å². The first-order valence-electron chi connectivity index (χ1n) is 5.53. The number of nitrogen functional groups attached to an aromatic ring is 1. The van der Waals surface area contributed by atoms with Gasteiger partial charge in [-0.25, -0.2) is 4.98 Å². The molecule has 8 heteroatoms. The van der Waals surface area contributed by atoms with Crippen molar-refractivity contribution >= 4 is 28.8 Å². The Labute approximate surface area is 113 Å². The minimum atomic E-state index is -0.502. The predicted octanol–water partition coefficient (Wildman–Crippen LogP) is 2.26. The van der Waals surface area contributed by atoms with Gasteiger partial charge < -0.3 is 11.1 Å². The van der Waals surface area contributed by atoms with Gasteiger partial charge in [0.05, 0.1) is 4.92 Å². The third-order valence-electron chi connectivity index (χ3n) is 2.67. The molecule has 0 aromatic carbocycles. The maximum absolute atomic E-state index is 11.0. The summed E-state index contributed by atoms with van der Waals surface area (Å²) in [4.78, 5) is 18.2. The average Bonchev–Trinajstić information content (AvgIpc) is 2.70. The van der Waals surface area contributed by atoms with Crippen LogP contribution in [0.25, 0.3) is 0 Å². The summed E-state index contributed by atoms with van der Waals surface area (Å²) in [5.74, 6) is 0.174. The molecule has 3 N–H and O–H groups in total. The van der Waals surface area contributed by atoms with Crippen LogP contribution in [0.4, 0.5) is 17.5 Å². The molecule has 0 spiro atoms. The quantitative estimate of drug-likeness (QED) is 0.656. The molecular weight excluding hydrogens is 266 g/mol. The topological polar surface area (TPSA) is 107 Å². The van der Waals surface area contributed by atoms with Gasteiger partial charge in [-0.3, -0.25) is 10.1 Å². The van der Waals surface area contributed by atoms with Gasteiger partial charge in [-0.1, -0.05) is 0 Å². The van der Waals surface area contributed by atoms with Gasteiger partial charge in [0.25, 0.3) is 0 Å². The van der Waals surface area contributed by atoms with Crippen molar-refractivity contribution in [2.24, 2.45) is 0 Å². The number of rotatable bonds is 4. The van der Waals surface area contributed by atoms with Crippen LogP contribution in [-0.4, -0.2) is 14.9 Å². The Morgan fingerprint density at radius 3 is 2.74 bits per heavy atom. The number of hydrogen-bond acceptors (Lipinski definition) is 7. The molecule has 2 heterocycles. The molecule has 0 amide bonds. The van der Waals surface area contributed by atoms with Crippen LogP contribution in [0.5, 0.6) is 0 Å². The summed E-state index contributed by atoms with van der Waals surface area (Å²) in [5, 5.41) is 18.0. The molecule has 2 aromatic heterocycles. The highest BCUT2D eigenvalue weighted by Gasteiger charge is 2.21. The Balaban J connectivity index is 2.29. The number of thiophene rings is 1. The Kier molecular flexibility index (Phi) is 3.61. The summed E-state index contributed by atoms with van der Waals surface area (Å²) >= 11 is 1.59. The minimum Gasteiger partial charge on any atom is -0.368 e. The zero-order valence-corrected chi connectivity index (χ0v) is 11.3. The highest BCUT2D eigenvalue weighted by atomic mass is 32.1. The van der Waals surface area contributed by atoms with Crippen molar-refractivity contribution in [1.29, 1.82) is 0 Å². The number of nitrogens with one attached hydrogen (secondary N) is 1. The zero-order valence-electron chi connectivity index (χ0n) is 10.5. The summed E-state index contributed by atoms with van der Waals surface area (Å²) < 4.78 is 0. The molecule has 2 aromatic rings. The summed E-state index contributed by atoms with van der Waals surface area (Å²) in [6, 6.07) is 0. The first-order chi connectivity index (χ1) is 8.99. The maximum Gasteiger partial charge on any atom is 0.332 e. The lowest BCUT2D eigenvalue weighted by molar-refractivity contribution is -0.385. The van der Waals surface area contributed by atoms with E-state index in [1.165, 1.54) is 6.92 Å². The summed E-state index contributed by atoms with van der Waals surface area (Å²) in [5.41, 5.74) is 7.86. The second-order valence-corrected chi connectivity index (χ2v) is 4.80. The first kappa shape index (κ1) is 13.2. The van der Waals surface area contributed by atoms with E-state index in [9.17, 15) is 10.1 Å². The van der Waals surface area contributed by atoms with Gasteiger partial charge >= 0.3 is 5.69 Å². The van der Waals surface area contributed by atoms with Crippen LogP contribution in [-0.2, 0) is 6.54 Å². The fourth-order valence-electron chi connectivity index (χ4n) is 1.68. The highest BCUT2D eigenvalue weighted by Crippen LogP contribution is 2.26. The second-order valence-electron chi connectivity index (χ2n) is 4.06. The van der Waals surface area contributed by atoms with E-state index < -0.39 is 4.92 Å². The number of aryl methyl sites for hydroxylation is 2. The van der Waals surface area contributed by atoms with Crippen LogP contribution in [0.1, 0.15) is 16.8 Å². The summed E-state index contributed by atoms with van der Waals surface area (Å²) in [6.07, 6.45) is 0. The van der Waals surface area contributed by atoms with Gasteiger partial charge in [0.2, 0.25) is 11.8 Å². The number of hydrogen-bond donors (Lipinski definition) is 2. The molecule has 19 heavy (non-hydrogen) atoms. The van der Waals surface area contributed by atoms with E-state index in [4.69, 9.17) is 5.73 Å². The lowest BCUT2D eigenvalue weighted by atomic mass is 10.2. The number of nitrogens with two attached hydrogens (primary N) is 1. The van der Waals surface area contributed by atoms with Gasteiger partial charge in [-0.05, 0) is 35.7 Å². The van der Waals surface area contributed by atoms with Crippen molar-refractivity contribution in [3.63, 3.8) is 0 Å². The standard InChI is InChI=1S/C11H13N5O2S/c1-6-4-19-5-8(6)3-13-10-9(16(17)18)7(2)14-11(12)15-10/h4-5H,3H2,1-2H3,(H3,12,13,14,15). The fraction of sp³-hybridized carbons (Fsp3) is 0.273. The lowest BCUT2D eigenvalue weighted by Gasteiger charge is -2.08. The van der Waals surface area contributed by atoms with Crippen LogP contribution in [0, 0.1) is 24.0 Å². The van der Waals surface area contributed by atoms with E-state index in [1.54, 1.807) is 11.3 Å². The van der Waals surface area contributed by atoms with Crippen LogP contribution < -0.4 is 11.1 Å². The smallest absolute Gasteiger partial charge is 0.332 e. The number of nitrogens with zero attached hydrogens (tertiary/aromatic N) is 3. The molecule has 0 aliphatic carbocycles. The molecule has 0 bridgehead atoms. The van der Waals surface area contributed by atoms with Crippen LogP contribution in [0.2, 0.25) is 0 Å². The summed E-state index contributed by atoms with van der Waals surface area (Å²) in [7, 11) is 0. The average molecular weight is 279 g/mol. The normalized spacial score (nSPS) is 10.4. The monoisotopic (exact) mass is 279 g/mol. The molecule has 0 unspecified atom stereocenters. The molecule has 0 aliphatic heterocycles. The summed E-state index contributed by atoms with van der Waals surface area (Å²) in [6.45, 7) is 3.99. The molecule has 0 fully saturated rings. The SMILES string of the molecule is Cc1cscc1CNc1nc(N)nc(C)c1[N+](=O)[O-]. The minimum absolute atomic E-state index is 0.0210. The van der Waals surface area contributed by atoms with E-state index in [-0.39, 0.29) is 23.1 Å². The largest absolute Gasteiger partial charge is 0.368 e. The van der Waals surface area contributed by atoms with E-state index in [0.29, 0.717) is 6.54 Å². The number of aromatic nitrogens is 2. The van der Waals surface area contributed by atoms with Gasteiger partial charge in [0, 0.05) is 6.54 Å². The maximum atomic E-state index is 11.0. The first-order valence-corrected chi connectivity index (χ1v) is 6.47. The third kappa shape index (κ3) is 2.79. The lowest BCUT2D eigenvalue weighted by Crippen LogP contribution is -2.09. The molecule has 0 radical (unpaired) electrons. The van der Waals surface area contributed by atoms with E-state index >= 15 is 0 Å². The second kappa shape index (κ2) is 5.19. The fourth-order valence-corrected chi connectivity index (χ4v) is 2.53. The van der Waals surface area contributed by atoms with Gasteiger partial charge in [0.1, 0.15) is 5.69 Å².